The molecule has 0 saturated carbocycles. The Labute approximate surface area is 120 Å². The van der Waals surface area contributed by atoms with Crippen LogP contribution in [0, 0.1) is 0 Å². The van der Waals surface area contributed by atoms with Crippen LogP contribution < -0.4 is 4.90 Å². The van der Waals surface area contributed by atoms with Crippen molar-refractivity contribution in [3.63, 3.8) is 0 Å². The largest absolute Gasteiger partial charge is 0.365 e. The Kier molecular flexibility index (Phi) is 4.77. The molecule has 1 amide bonds. The minimum atomic E-state index is 0.111. The van der Waals surface area contributed by atoms with Gasteiger partial charge in [-0.05, 0) is 17.7 Å². The summed E-state index contributed by atoms with van der Waals surface area (Å²) in [5.41, 5.74) is 2.19. The molecule has 2 aromatic rings. The van der Waals surface area contributed by atoms with Gasteiger partial charge in [-0.2, -0.15) is 0 Å². The van der Waals surface area contributed by atoms with Crippen LogP contribution in [0.15, 0.2) is 60.7 Å². The molecular weight excluding hydrogens is 248 g/mol. The molecule has 20 heavy (non-hydrogen) atoms. The van der Waals surface area contributed by atoms with Crippen LogP contribution in [0.1, 0.15) is 5.56 Å². The van der Waals surface area contributed by atoms with Gasteiger partial charge in [0.25, 0.3) is 0 Å². The molecule has 0 saturated heterocycles. The fourth-order valence-electron chi connectivity index (χ4n) is 2.04. The van der Waals surface area contributed by atoms with Gasteiger partial charge in [0, 0.05) is 26.3 Å². The summed E-state index contributed by atoms with van der Waals surface area (Å²) >= 11 is 0. The number of likely N-dealkylation sites (N-methyl/N-ethyl adjacent to an activating group) is 2. The highest BCUT2D eigenvalue weighted by Gasteiger charge is 2.12. The van der Waals surface area contributed by atoms with E-state index in [9.17, 15) is 4.79 Å². The third kappa shape index (κ3) is 3.85. The molecule has 0 radical (unpaired) electrons. The van der Waals surface area contributed by atoms with E-state index in [2.05, 4.69) is 0 Å². The molecular formula is C17H20N2O. The number of hydrogen-bond donors (Lipinski definition) is 0. The molecule has 0 atom stereocenters. The Hall–Kier alpha value is -2.29. The number of anilines is 1. The Balaban J connectivity index is 1.91. The fraction of sp³-hybridized carbons (Fsp3) is 0.235. The van der Waals surface area contributed by atoms with E-state index >= 15 is 0 Å². The first-order valence-electron chi connectivity index (χ1n) is 6.71. The lowest BCUT2D eigenvalue weighted by Gasteiger charge is -2.23. The Bertz CT molecular complexity index is 539. The zero-order valence-electron chi connectivity index (χ0n) is 12.0. The molecule has 0 unspecified atom stereocenters. The minimum absolute atomic E-state index is 0.111. The summed E-state index contributed by atoms with van der Waals surface area (Å²) in [4.78, 5) is 15.9. The maximum Gasteiger partial charge on any atom is 0.242 e. The molecule has 104 valence electrons. The smallest absolute Gasteiger partial charge is 0.242 e. The van der Waals surface area contributed by atoms with Gasteiger partial charge < -0.3 is 9.80 Å². The molecule has 2 aromatic carbocycles. The summed E-state index contributed by atoms with van der Waals surface area (Å²) in [5.74, 6) is 0.111. The van der Waals surface area contributed by atoms with Gasteiger partial charge in [-0.1, -0.05) is 48.5 Å². The molecule has 0 aliphatic heterocycles. The summed E-state index contributed by atoms with van der Waals surface area (Å²) in [6.07, 6.45) is 0. The number of amides is 1. The van der Waals surface area contributed by atoms with Crippen LogP contribution in [0.2, 0.25) is 0 Å². The predicted molar refractivity (Wildman–Crippen MR) is 82.6 cm³/mol. The third-order valence-corrected chi connectivity index (χ3v) is 3.26. The van der Waals surface area contributed by atoms with Crippen molar-refractivity contribution < 1.29 is 4.79 Å². The van der Waals surface area contributed by atoms with Crippen molar-refractivity contribution in [3.8, 4) is 0 Å². The summed E-state index contributed by atoms with van der Waals surface area (Å²) in [6.45, 7) is 1.02. The van der Waals surface area contributed by atoms with Crippen LogP contribution in [0.3, 0.4) is 0 Å². The van der Waals surface area contributed by atoms with Crippen LogP contribution in [0.4, 0.5) is 5.69 Å². The number of rotatable bonds is 5. The van der Waals surface area contributed by atoms with Crippen LogP contribution in [-0.2, 0) is 11.3 Å². The number of carbonyl (C=O) groups excluding carboxylic acids is 1. The van der Waals surface area contributed by atoms with Crippen molar-refractivity contribution in [1.29, 1.82) is 0 Å². The molecule has 0 aliphatic carbocycles. The number of benzene rings is 2. The van der Waals surface area contributed by atoms with Crippen molar-refractivity contribution in [2.75, 3.05) is 25.5 Å². The van der Waals surface area contributed by atoms with E-state index in [0.717, 1.165) is 11.3 Å². The number of nitrogens with zero attached hydrogens (tertiary/aromatic N) is 2. The van der Waals surface area contributed by atoms with Crippen molar-refractivity contribution >= 4 is 11.6 Å². The summed E-state index contributed by atoms with van der Waals surface area (Å²) in [6, 6.07) is 20.0. The van der Waals surface area contributed by atoms with Crippen molar-refractivity contribution in [2.45, 2.75) is 6.54 Å². The molecule has 2 rings (SSSR count). The van der Waals surface area contributed by atoms with Crippen molar-refractivity contribution in [3.05, 3.63) is 66.2 Å². The molecule has 0 N–H and O–H groups in total. The van der Waals surface area contributed by atoms with Crippen LogP contribution >= 0.6 is 0 Å². The molecule has 0 bridgehead atoms. The average Bonchev–Trinajstić information content (AvgIpc) is 2.49. The Morgan fingerprint density at radius 3 is 2.05 bits per heavy atom. The van der Waals surface area contributed by atoms with Gasteiger partial charge in [-0.3, -0.25) is 4.79 Å². The second-order valence-electron chi connectivity index (χ2n) is 4.93. The van der Waals surface area contributed by atoms with Gasteiger partial charge in [-0.25, -0.2) is 0 Å². The molecule has 3 heteroatoms. The topological polar surface area (TPSA) is 23.6 Å². The van der Waals surface area contributed by atoms with Gasteiger partial charge in [0.1, 0.15) is 0 Å². The predicted octanol–water partition coefficient (Wildman–Crippen LogP) is 2.78. The molecule has 0 aliphatic rings. The van der Waals surface area contributed by atoms with E-state index in [0.29, 0.717) is 13.1 Å². The van der Waals surface area contributed by atoms with Crippen LogP contribution in [0.25, 0.3) is 0 Å². The summed E-state index contributed by atoms with van der Waals surface area (Å²) < 4.78 is 0. The third-order valence-electron chi connectivity index (χ3n) is 3.26. The maximum absolute atomic E-state index is 12.2. The Morgan fingerprint density at radius 2 is 1.45 bits per heavy atom. The van der Waals surface area contributed by atoms with E-state index in [1.807, 2.05) is 79.7 Å². The normalized spacial score (nSPS) is 10.1. The first-order valence-corrected chi connectivity index (χ1v) is 6.71. The van der Waals surface area contributed by atoms with E-state index in [1.54, 1.807) is 4.90 Å². The first-order chi connectivity index (χ1) is 9.66. The number of para-hydroxylation sites is 1. The van der Waals surface area contributed by atoms with Crippen molar-refractivity contribution in [2.24, 2.45) is 0 Å². The highest BCUT2D eigenvalue weighted by Crippen LogP contribution is 2.11. The van der Waals surface area contributed by atoms with Crippen LogP contribution in [-0.4, -0.2) is 31.4 Å². The second-order valence-corrected chi connectivity index (χ2v) is 4.93. The van der Waals surface area contributed by atoms with Gasteiger partial charge in [-0.15, -0.1) is 0 Å². The van der Waals surface area contributed by atoms with Crippen molar-refractivity contribution in [1.82, 2.24) is 4.90 Å². The van der Waals surface area contributed by atoms with E-state index in [-0.39, 0.29) is 5.91 Å². The molecule has 0 aromatic heterocycles. The maximum atomic E-state index is 12.2. The molecule has 0 spiro atoms. The van der Waals surface area contributed by atoms with E-state index in [4.69, 9.17) is 0 Å². The average molecular weight is 268 g/mol. The zero-order valence-corrected chi connectivity index (χ0v) is 12.0. The summed E-state index contributed by atoms with van der Waals surface area (Å²) in [7, 11) is 3.78. The number of carbonyl (C=O) groups is 1. The van der Waals surface area contributed by atoms with Crippen LogP contribution in [0.5, 0.6) is 0 Å². The van der Waals surface area contributed by atoms with Gasteiger partial charge >= 0.3 is 0 Å². The zero-order chi connectivity index (χ0) is 14.4. The first kappa shape index (κ1) is 14.1. The quantitative estimate of drug-likeness (QED) is 0.832. The standard InChI is InChI=1S/C17H20N2O/c1-18(16-11-7-4-8-12-16)14-17(20)19(2)13-15-9-5-3-6-10-15/h3-12H,13-14H2,1-2H3. The van der Waals surface area contributed by atoms with Gasteiger partial charge in [0.2, 0.25) is 5.91 Å². The van der Waals surface area contributed by atoms with E-state index < -0.39 is 0 Å². The monoisotopic (exact) mass is 268 g/mol. The SMILES string of the molecule is CN(Cc1ccccc1)C(=O)CN(C)c1ccccc1. The van der Waals surface area contributed by atoms with E-state index in [1.165, 1.54) is 0 Å². The number of hydrogen-bond acceptors (Lipinski definition) is 2. The fourth-order valence-corrected chi connectivity index (χ4v) is 2.04. The lowest BCUT2D eigenvalue weighted by atomic mass is 10.2. The Morgan fingerprint density at radius 1 is 0.900 bits per heavy atom. The second kappa shape index (κ2) is 6.75. The van der Waals surface area contributed by atoms with Gasteiger partial charge in [0.05, 0.1) is 6.54 Å². The highest BCUT2D eigenvalue weighted by molar-refractivity contribution is 5.81. The molecule has 0 heterocycles. The highest BCUT2D eigenvalue weighted by atomic mass is 16.2. The lowest BCUT2D eigenvalue weighted by molar-refractivity contribution is -0.128. The lowest BCUT2D eigenvalue weighted by Crippen LogP contribution is -2.36. The molecule has 3 nitrogen and oxygen atoms in total. The molecule has 0 fully saturated rings. The minimum Gasteiger partial charge on any atom is -0.365 e. The summed E-state index contributed by atoms with van der Waals surface area (Å²) in [5, 5.41) is 0. The van der Waals surface area contributed by atoms with Gasteiger partial charge in [0.15, 0.2) is 0 Å².